The van der Waals surface area contributed by atoms with Crippen LogP contribution in [-0.2, 0) is 6.54 Å². The molecule has 0 saturated heterocycles. The molecular formula is C16H22N2. The molecule has 0 aliphatic heterocycles. The van der Waals surface area contributed by atoms with Crippen LogP contribution in [0.1, 0.15) is 25.3 Å². The second-order valence-corrected chi connectivity index (χ2v) is 4.93. The molecule has 0 heterocycles. The average Bonchev–Trinajstić information content (AvgIpc) is 2.38. The molecule has 3 N–H and O–H groups in total. The molecule has 96 valence electrons. The molecule has 0 saturated carbocycles. The van der Waals surface area contributed by atoms with Gasteiger partial charge >= 0.3 is 0 Å². The van der Waals surface area contributed by atoms with Crippen molar-refractivity contribution < 1.29 is 0 Å². The van der Waals surface area contributed by atoms with Crippen molar-refractivity contribution in [3.63, 3.8) is 0 Å². The summed E-state index contributed by atoms with van der Waals surface area (Å²) in [6.07, 6.45) is 2.23. The summed E-state index contributed by atoms with van der Waals surface area (Å²) in [6.45, 7) is 4.02. The normalized spacial score (nSPS) is 12.8. The van der Waals surface area contributed by atoms with E-state index in [1.165, 1.54) is 16.3 Å². The van der Waals surface area contributed by atoms with E-state index >= 15 is 0 Å². The number of hydrogen-bond donors (Lipinski definition) is 2. The molecule has 0 spiro atoms. The van der Waals surface area contributed by atoms with Gasteiger partial charge in [-0.05, 0) is 42.6 Å². The number of fused-ring (bicyclic) bond motifs is 1. The quantitative estimate of drug-likeness (QED) is 0.764. The van der Waals surface area contributed by atoms with Gasteiger partial charge in [-0.15, -0.1) is 0 Å². The van der Waals surface area contributed by atoms with Crippen LogP contribution in [0.5, 0.6) is 0 Å². The number of nitrogens with one attached hydrogen (secondary N) is 1. The maximum absolute atomic E-state index is 5.73. The minimum atomic E-state index is 0.310. The predicted octanol–water partition coefficient (Wildman–Crippen LogP) is 3.06. The highest BCUT2D eigenvalue weighted by atomic mass is 14.8. The fourth-order valence-corrected chi connectivity index (χ4v) is 2.22. The van der Waals surface area contributed by atoms with Gasteiger partial charge < -0.3 is 11.1 Å². The van der Waals surface area contributed by atoms with Gasteiger partial charge in [0.15, 0.2) is 0 Å². The summed E-state index contributed by atoms with van der Waals surface area (Å²) in [5, 5.41) is 6.15. The summed E-state index contributed by atoms with van der Waals surface area (Å²) in [4.78, 5) is 0. The highest BCUT2D eigenvalue weighted by molar-refractivity contribution is 5.85. The Labute approximate surface area is 109 Å². The Hall–Kier alpha value is -1.38. The van der Waals surface area contributed by atoms with E-state index in [-0.39, 0.29) is 0 Å². The highest BCUT2D eigenvalue weighted by Crippen LogP contribution is 2.18. The Morgan fingerprint density at radius 3 is 2.72 bits per heavy atom. The number of hydrogen-bond acceptors (Lipinski definition) is 2. The number of benzene rings is 2. The summed E-state index contributed by atoms with van der Waals surface area (Å²) >= 11 is 0. The average molecular weight is 242 g/mol. The lowest BCUT2D eigenvalue weighted by molar-refractivity contribution is 0.575. The fourth-order valence-electron chi connectivity index (χ4n) is 2.22. The van der Waals surface area contributed by atoms with Gasteiger partial charge in [-0.2, -0.15) is 0 Å². The number of rotatable bonds is 6. The van der Waals surface area contributed by atoms with E-state index in [0.29, 0.717) is 6.04 Å². The minimum absolute atomic E-state index is 0.310. The zero-order valence-corrected chi connectivity index (χ0v) is 11.0. The summed E-state index contributed by atoms with van der Waals surface area (Å²) in [6, 6.07) is 15.3. The first-order chi connectivity index (χ1) is 8.77. The lowest BCUT2D eigenvalue weighted by Gasteiger charge is -2.09. The Balaban J connectivity index is 1.91. The molecule has 0 aliphatic carbocycles. The molecule has 1 atom stereocenters. The molecular weight excluding hydrogens is 220 g/mol. The van der Waals surface area contributed by atoms with Gasteiger partial charge in [0.2, 0.25) is 0 Å². The van der Waals surface area contributed by atoms with E-state index in [0.717, 1.165) is 25.9 Å². The van der Waals surface area contributed by atoms with E-state index in [2.05, 4.69) is 54.7 Å². The Morgan fingerprint density at radius 2 is 1.89 bits per heavy atom. The predicted molar refractivity (Wildman–Crippen MR) is 78.5 cm³/mol. The first-order valence-electron chi connectivity index (χ1n) is 6.70. The summed E-state index contributed by atoms with van der Waals surface area (Å²) in [5.74, 6) is 0. The molecule has 2 heteroatoms. The van der Waals surface area contributed by atoms with Crippen molar-refractivity contribution in [2.45, 2.75) is 32.4 Å². The lowest BCUT2D eigenvalue weighted by Crippen LogP contribution is -2.19. The highest BCUT2D eigenvalue weighted by Gasteiger charge is 1.99. The van der Waals surface area contributed by atoms with E-state index in [1.54, 1.807) is 0 Å². The van der Waals surface area contributed by atoms with Crippen LogP contribution in [0.3, 0.4) is 0 Å². The van der Waals surface area contributed by atoms with Crippen molar-refractivity contribution in [2.75, 3.05) is 6.54 Å². The lowest BCUT2D eigenvalue weighted by atomic mass is 10.0. The zero-order valence-electron chi connectivity index (χ0n) is 11.0. The Morgan fingerprint density at radius 1 is 1.11 bits per heavy atom. The van der Waals surface area contributed by atoms with Crippen LogP contribution in [-0.4, -0.2) is 12.6 Å². The summed E-state index contributed by atoms with van der Waals surface area (Å²) in [5.41, 5.74) is 7.10. The second kappa shape index (κ2) is 6.53. The molecule has 0 aromatic heterocycles. The van der Waals surface area contributed by atoms with Crippen molar-refractivity contribution >= 4 is 10.8 Å². The molecule has 0 aliphatic rings. The molecule has 0 bridgehead atoms. The van der Waals surface area contributed by atoms with E-state index in [4.69, 9.17) is 5.73 Å². The van der Waals surface area contributed by atoms with Gasteiger partial charge in [0.25, 0.3) is 0 Å². The molecule has 1 unspecified atom stereocenters. The minimum Gasteiger partial charge on any atom is -0.328 e. The molecule has 2 rings (SSSR count). The van der Waals surface area contributed by atoms with Crippen molar-refractivity contribution in [1.29, 1.82) is 0 Å². The van der Waals surface area contributed by atoms with Crippen LogP contribution in [0, 0.1) is 0 Å². The summed E-state index contributed by atoms with van der Waals surface area (Å²) < 4.78 is 0. The van der Waals surface area contributed by atoms with Crippen LogP contribution < -0.4 is 11.1 Å². The van der Waals surface area contributed by atoms with E-state index in [1.807, 2.05) is 0 Å². The second-order valence-electron chi connectivity index (χ2n) is 4.93. The third kappa shape index (κ3) is 3.56. The summed E-state index contributed by atoms with van der Waals surface area (Å²) in [7, 11) is 0. The zero-order chi connectivity index (χ0) is 12.8. The molecule has 2 nitrogen and oxygen atoms in total. The van der Waals surface area contributed by atoms with Crippen molar-refractivity contribution in [3.05, 3.63) is 48.0 Å². The van der Waals surface area contributed by atoms with Crippen molar-refractivity contribution in [3.8, 4) is 0 Å². The van der Waals surface area contributed by atoms with Gasteiger partial charge in [-0.1, -0.05) is 42.5 Å². The molecule has 0 amide bonds. The van der Waals surface area contributed by atoms with Crippen molar-refractivity contribution in [1.82, 2.24) is 5.32 Å². The number of nitrogens with two attached hydrogens (primary N) is 1. The fraction of sp³-hybridized carbons (Fsp3) is 0.375. The maximum Gasteiger partial charge on any atom is 0.0211 e. The van der Waals surface area contributed by atoms with Crippen LogP contribution in [0.4, 0.5) is 0 Å². The van der Waals surface area contributed by atoms with E-state index in [9.17, 15) is 0 Å². The van der Waals surface area contributed by atoms with Crippen LogP contribution >= 0.6 is 0 Å². The third-order valence-electron chi connectivity index (χ3n) is 3.21. The molecule has 0 radical (unpaired) electrons. The molecule has 18 heavy (non-hydrogen) atoms. The Kier molecular flexibility index (Phi) is 4.73. The smallest absolute Gasteiger partial charge is 0.0211 e. The first kappa shape index (κ1) is 13.1. The van der Waals surface area contributed by atoms with Crippen LogP contribution in [0.2, 0.25) is 0 Å². The molecule has 2 aromatic carbocycles. The monoisotopic (exact) mass is 242 g/mol. The van der Waals surface area contributed by atoms with Crippen LogP contribution in [0.25, 0.3) is 10.8 Å². The van der Waals surface area contributed by atoms with Crippen LogP contribution in [0.15, 0.2) is 42.5 Å². The van der Waals surface area contributed by atoms with Gasteiger partial charge in [0, 0.05) is 12.6 Å². The van der Waals surface area contributed by atoms with Gasteiger partial charge in [0.1, 0.15) is 0 Å². The van der Waals surface area contributed by atoms with Gasteiger partial charge in [0.05, 0.1) is 0 Å². The standard InChI is InChI=1S/C16H22N2/c1-13(17)6-5-11-18-12-15-9-4-8-14-7-2-3-10-16(14)15/h2-4,7-10,13,18H,5-6,11-12,17H2,1H3. The maximum atomic E-state index is 5.73. The SMILES string of the molecule is CC(N)CCCNCc1cccc2ccccc12. The topological polar surface area (TPSA) is 38.0 Å². The molecule has 2 aromatic rings. The molecule has 0 fully saturated rings. The van der Waals surface area contributed by atoms with Gasteiger partial charge in [-0.3, -0.25) is 0 Å². The largest absolute Gasteiger partial charge is 0.328 e. The van der Waals surface area contributed by atoms with E-state index < -0.39 is 0 Å². The first-order valence-corrected chi connectivity index (χ1v) is 6.70. The van der Waals surface area contributed by atoms with Gasteiger partial charge in [-0.25, -0.2) is 0 Å². The third-order valence-corrected chi connectivity index (χ3v) is 3.21. The van der Waals surface area contributed by atoms with Crippen molar-refractivity contribution in [2.24, 2.45) is 5.73 Å². The Bertz CT molecular complexity index is 486.